The van der Waals surface area contributed by atoms with Crippen molar-refractivity contribution in [1.82, 2.24) is 10.3 Å². The molecule has 1 fully saturated rings. The van der Waals surface area contributed by atoms with Gasteiger partial charge in [-0.3, -0.25) is 10.2 Å². The molecule has 0 bridgehead atoms. The zero-order chi connectivity index (χ0) is 21.6. The van der Waals surface area contributed by atoms with Gasteiger partial charge in [-0.2, -0.15) is 5.10 Å². The molecule has 0 unspecified atom stereocenters. The van der Waals surface area contributed by atoms with Crippen LogP contribution < -0.4 is 16.1 Å². The van der Waals surface area contributed by atoms with Crippen LogP contribution in [0.25, 0.3) is 0 Å². The Kier molecular flexibility index (Phi) is 8.31. The number of nitrogens with two attached hydrogens (primary N) is 1. The highest BCUT2D eigenvalue weighted by molar-refractivity contribution is 7.80. The maximum Gasteiger partial charge on any atom is 0.223 e. The number of nitrogens with zero attached hydrogens (tertiary/aromatic N) is 3. The third kappa shape index (κ3) is 6.09. The Labute approximate surface area is 176 Å². The van der Waals surface area contributed by atoms with Crippen LogP contribution in [0.5, 0.6) is 0 Å². The number of hydrogen-bond acceptors (Lipinski definition) is 4. The van der Waals surface area contributed by atoms with Crippen molar-refractivity contribution < 1.29 is 13.6 Å². The van der Waals surface area contributed by atoms with Gasteiger partial charge in [-0.25, -0.2) is 8.78 Å². The lowest BCUT2D eigenvalue weighted by Crippen LogP contribution is -2.59. The van der Waals surface area contributed by atoms with Crippen LogP contribution in [0, 0.1) is 11.6 Å². The minimum Gasteiger partial charge on any atom is -0.375 e. The highest BCUT2D eigenvalue weighted by Gasteiger charge is 2.33. The smallest absolute Gasteiger partial charge is 0.223 e. The third-order valence-corrected chi connectivity index (χ3v) is 5.08. The fraction of sp³-hybridized carbons (Fsp3) is 0.550. The van der Waals surface area contributed by atoms with Crippen molar-refractivity contribution in [3.05, 3.63) is 29.3 Å². The number of piperazine rings is 1. The number of nitrogens with one attached hydrogen (secondary N) is 1. The van der Waals surface area contributed by atoms with Gasteiger partial charge in [0.05, 0.1) is 11.9 Å². The van der Waals surface area contributed by atoms with E-state index >= 15 is 0 Å². The molecule has 2 atom stereocenters. The molecule has 1 heterocycles. The molecule has 29 heavy (non-hydrogen) atoms. The van der Waals surface area contributed by atoms with Crippen molar-refractivity contribution in [3.63, 3.8) is 0 Å². The van der Waals surface area contributed by atoms with Gasteiger partial charge in [0.15, 0.2) is 5.11 Å². The summed E-state index contributed by atoms with van der Waals surface area (Å²) in [5.41, 5.74) is 7.71. The standard InChI is InChI=1S/C20H29F2N5OS/c1-4-5-6-7-19(28)27-13(2)11-26(12-14(27)3)18-9-16(21)15(8-17(18)22)10-24-25-20(23)29/h8-10,13-14H,4-7,11-12H2,1-3H3,(H3,23,25,29)/b24-10+/t13-,14+. The Balaban J connectivity index is 2.12. The van der Waals surface area contributed by atoms with Gasteiger partial charge in [0.2, 0.25) is 5.91 Å². The number of carbonyl (C=O) groups excluding carboxylic acids is 1. The lowest BCUT2D eigenvalue weighted by atomic mass is 10.0. The maximum absolute atomic E-state index is 14.7. The minimum atomic E-state index is -0.603. The summed E-state index contributed by atoms with van der Waals surface area (Å²) >= 11 is 4.61. The first-order chi connectivity index (χ1) is 13.7. The number of anilines is 1. The van der Waals surface area contributed by atoms with Gasteiger partial charge in [0.1, 0.15) is 11.6 Å². The predicted octanol–water partition coefficient (Wildman–Crippen LogP) is 3.14. The topological polar surface area (TPSA) is 74.0 Å². The Morgan fingerprint density at radius 2 is 1.93 bits per heavy atom. The zero-order valence-electron chi connectivity index (χ0n) is 17.1. The van der Waals surface area contributed by atoms with Crippen molar-refractivity contribution >= 4 is 35.1 Å². The van der Waals surface area contributed by atoms with E-state index in [2.05, 4.69) is 29.7 Å². The summed E-state index contributed by atoms with van der Waals surface area (Å²) < 4.78 is 29.1. The van der Waals surface area contributed by atoms with Crippen LogP contribution in [0.1, 0.15) is 52.0 Å². The quantitative estimate of drug-likeness (QED) is 0.304. The Hall–Kier alpha value is -2.29. The lowest BCUT2D eigenvalue weighted by molar-refractivity contribution is -0.136. The predicted molar refractivity (Wildman–Crippen MR) is 116 cm³/mol. The molecule has 1 aliphatic rings. The van der Waals surface area contributed by atoms with Crippen LogP contribution in [0.2, 0.25) is 0 Å². The molecule has 0 spiro atoms. The molecular weight excluding hydrogens is 396 g/mol. The second-order valence-electron chi connectivity index (χ2n) is 7.42. The first-order valence-corrected chi connectivity index (χ1v) is 10.3. The van der Waals surface area contributed by atoms with E-state index in [1.165, 1.54) is 0 Å². The van der Waals surface area contributed by atoms with E-state index in [0.29, 0.717) is 19.5 Å². The first-order valence-electron chi connectivity index (χ1n) is 9.88. The summed E-state index contributed by atoms with van der Waals surface area (Å²) in [5, 5.41) is 3.60. The van der Waals surface area contributed by atoms with Crippen molar-refractivity contribution in [2.24, 2.45) is 10.8 Å². The summed E-state index contributed by atoms with van der Waals surface area (Å²) in [6.45, 7) is 6.87. The van der Waals surface area contributed by atoms with E-state index in [0.717, 1.165) is 37.6 Å². The van der Waals surface area contributed by atoms with E-state index in [1.54, 1.807) is 4.90 Å². The van der Waals surface area contributed by atoms with Crippen LogP contribution in [-0.4, -0.2) is 47.3 Å². The van der Waals surface area contributed by atoms with E-state index < -0.39 is 11.6 Å². The van der Waals surface area contributed by atoms with Crippen LogP contribution >= 0.6 is 12.2 Å². The molecule has 3 N–H and O–H groups in total. The molecule has 6 nitrogen and oxygen atoms in total. The van der Waals surface area contributed by atoms with Crippen molar-refractivity contribution in [3.8, 4) is 0 Å². The zero-order valence-corrected chi connectivity index (χ0v) is 17.9. The molecule has 0 aliphatic carbocycles. The van der Waals surface area contributed by atoms with Crippen LogP contribution in [0.4, 0.5) is 14.5 Å². The molecule has 0 radical (unpaired) electrons. The van der Waals surface area contributed by atoms with Gasteiger partial charge in [-0.05, 0) is 38.6 Å². The molecule has 2 rings (SSSR count). The van der Waals surface area contributed by atoms with E-state index in [4.69, 9.17) is 5.73 Å². The molecule has 1 amide bonds. The lowest BCUT2D eigenvalue weighted by Gasteiger charge is -2.45. The third-order valence-electron chi connectivity index (χ3n) is 4.99. The largest absolute Gasteiger partial charge is 0.375 e. The molecule has 1 aliphatic heterocycles. The summed E-state index contributed by atoms with van der Waals surface area (Å²) in [6.07, 6.45) is 4.62. The fourth-order valence-electron chi connectivity index (χ4n) is 3.72. The minimum absolute atomic E-state index is 0.0131. The van der Waals surface area contributed by atoms with Gasteiger partial charge >= 0.3 is 0 Å². The Morgan fingerprint density at radius 1 is 1.28 bits per heavy atom. The van der Waals surface area contributed by atoms with Crippen LogP contribution in [0.15, 0.2) is 17.2 Å². The Morgan fingerprint density at radius 3 is 2.52 bits per heavy atom. The van der Waals surface area contributed by atoms with Crippen molar-refractivity contribution in [2.75, 3.05) is 18.0 Å². The summed E-state index contributed by atoms with van der Waals surface area (Å²) in [6, 6.07) is 2.07. The number of benzene rings is 1. The number of unbranched alkanes of at least 4 members (excludes halogenated alkanes) is 2. The van der Waals surface area contributed by atoms with Gasteiger partial charge < -0.3 is 15.5 Å². The van der Waals surface area contributed by atoms with Crippen molar-refractivity contribution in [2.45, 2.75) is 58.5 Å². The van der Waals surface area contributed by atoms with Crippen LogP contribution in [0.3, 0.4) is 0 Å². The molecular formula is C20H29F2N5OS. The molecule has 9 heteroatoms. The summed E-state index contributed by atoms with van der Waals surface area (Å²) in [5.74, 6) is -1.03. The number of amides is 1. The normalized spacial score (nSPS) is 19.6. The number of carbonyl (C=O) groups is 1. The fourth-order valence-corrected chi connectivity index (χ4v) is 3.78. The maximum atomic E-state index is 14.7. The van der Waals surface area contributed by atoms with Gasteiger partial charge in [-0.15, -0.1) is 0 Å². The number of thiocarbonyl (C=S) groups is 1. The molecule has 160 valence electrons. The van der Waals surface area contributed by atoms with E-state index in [9.17, 15) is 13.6 Å². The number of hydrazone groups is 1. The van der Waals surface area contributed by atoms with Crippen molar-refractivity contribution in [1.29, 1.82) is 0 Å². The molecule has 1 aromatic rings. The number of hydrogen-bond donors (Lipinski definition) is 2. The number of halogens is 2. The molecule has 1 saturated heterocycles. The molecule has 0 aromatic heterocycles. The summed E-state index contributed by atoms with van der Waals surface area (Å²) in [7, 11) is 0. The summed E-state index contributed by atoms with van der Waals surface area (Å²) in [4.78, 5) is 16.3. The molecule has 1 aromatic carbocycles. The van der Waals surface area contributed by atoms with Gasteiger partial charge in [-0.1, -0.05) is 19.8 Å². The highest BCUT2D eigenvalue weighted by Crippen LogP contribution is 2.27. The van der Waals surface area contributed by atoms with Gasteiger partial charge in [0.25, 0.3) is 0 Å². The van der Waals surface area contributed by atoms with Gasteiger partial charge in [0, 0.05) is 43.2 Å². The first kappa shape index (κ1) is 23.0. The van der Waals surface area contributed by atoms with Crippen LogP contribution in [-0.2, 0) is 4.79 Å². The second-order valence-corrected chi connectivity index (χ2v) is 7.86. The number of rotatable bonds is 7. The van der Waals surface area contributed by atoms with E-state index in [1.807, 2.05) is 18.7 Å². The molecule has 0 saturated carbocycles. The SMILES string of the molecule is CCCCCC(=O)N1[C@H](C)CN(c2cc(F)c(/C=N/NC(N)=S)cc2F)C[C@@H]1C. The highest BCUT2D eigenvalue weighted by atomic mass is 32.1. The van der Waals surface area contributed by atoms with E-state index in [-0.39, 0.29) is 34.4 Å². The average molecular weight is 426 g/mol. The Bertz CT molecular complexity index is 761. The average Bonchev–Trinajstić information content (AvgIpc) is 2.63. The monoisotopic (exact) mass is 425 g/mol. The second kappa shape index (κ2) is 10.5.